The van der Waals surface area contributed by atoms with E-state index in [1.54, 1.807) is 0 Å². The summed E-state index contributed by atoms with van der Waals surface area (Å²) < 4.78 is 0. The lowest BCUT2D eigenvalue weighted by Crippen LogP contribution is -2.37. The van der Waals surface area contributed by atoms with Gasteiger partial charge < -0.3 is 15.5 Å². The minimum atomic E-state index is 0. The van der Waals surface area contributed by atoms with E-state index in [9.17, 15) is 4.79 Å². The van der Waals surface area contributed by atoms with Gasteiger partial charge in [0.2, 0.25) is 5.91 Å². The van der Waals surface area contributed by atoms with Crippen LogP contribution in [0.15, 0.2) is 53.5 Å². The van der Waals surface area contributed by atoms with E-state index in [4.69, 9.17) is 4.99 Å². The number of nitrogens with zero attached hydrogens (tertiary/aromatic N) is 2. The second-order valence-electron chi connectivity index (χ2n) is 7.97. The van der Waals surface area contributed by atoms with E-state index < -0.39 is 0 Å². The molecular weight excluding hydrogens is 499 g/mol. The quantitative estimate of drug-likeness (QED) is 0.211. The van der Waals surface area contributed by atoms with E-state index in [1.807, 2.05) is 11.0 Å². The number of carbonyl (C=O) groups excluding carboxylic acids is 1. The Labute approximate surface area is 203 Å². The Kier molecular flexibility index (Phi) is 10.8. The third-order valence-corrected chi connectivity index (χ3v) is 5.46. The van der Waals surface area contributed by atoms with Gasteiger partial charge in [-0.2, -0.15) is 0 Å². The average molecular weight is 534 g/mol. The molecule has 168 valence electrons. The van der Waals surface area contributed by atoms with Crippen LogP contribution in [0.5, 0.6) is 0 Å². The number of hydrogen-bond donors (Lipinski definition) is 2. The zero-order chi connectivity index (χ0) is 21.2. The highest BCUT2D eigenvalue weighted by Crippen LogP contribution is 2.17. The molecule has 0 atom stereocenters. The van der Waals surface area contributed by atoms with E-state index in [0.29, 0.717) is 26.1 Å². The summed E-state index contributed by atoms with van der Waals surface area (Å²) in [6.07, 6.45) is 3.90. The largest absolute Gasteiger partial charge is 0.356 e. The molecule has 1 aliphatic heterocycles. The maximum atomic E-state index is 12.0. The van der Waals surface area contributed by atoms with Crippen molar-refractivity contribution in [1.29, 1.82) is 0 Å². The van der Waals surface area contributed by atoms with Crippen LogP contribution in [0.3, 0.4) is 0 Å². The average Bonchev–Trinajstić information content (AvgIpc) is 3.16. The normalized spacial score (nSPS) is 13.8. The molecule has 0 aromatic heterocycles. The summed E-state index contributed by atoms with van der Waals surface area (Å²) in [5, 5.41) is 6.94. The lowest BCUT2D eigenvalue weighted by atomic mass is 10.1. The van der Waals surface area contributed by atoms with Crippen LogP contribution in [0.2, 0.25) is 0 Å². The maximum Gasteiger partial charge on any atom is 0.222 e. The second-order valence-corrected chi connectivity index (χ2v) is 7.97. The Bertz CT molecular complexity index is 851. The molecule has 0 spiro atoms. The standard InChI is InChI=1S/C25H34N4O.HI/c1-3-4-15-26-25(27-17-21-13-11-20(2)12-14-21)28-18-22-8-5-6-9-23(22)19-29-16-7-10-24(29)30;/h5-6,8-9,11-14H,3-4,7,10,15-19H2,1-2H3,(H2,26,27,28);1H. The SMILES string of the molecule is CCCCNC(=NCc1ccc(C)cc1)NCc1ccccc1CN1CCCC1=O.I. The molecule has 0 unspecified atom stereocenters. The summed E-state index contributed by atoms with van der Waals surface area (Å²) in [4.78, 5) is 18.8. The molecule has 31 heavy (non-hydrogen) atoms. The number of likely N-dealkylation sites (tertiary alicyclic amines) is 1. The number of benzene rings is 2. The van der Waals surface area contributed by atoms with Crippen molar-refractivity contribution in [2.45, 2.75) is 59.2 Å². The van der Waals surface area contributed by atoms with Crippen molar-refractivity contribution >= 4 is 35.8 Å². The Morgan fingerprint density at radius 3 is 2.48 bits per heavy atom. The number of aliphatic imine (C=N–C) groups is 1. The first-order chi connectivity index (χ1) is 14.7. The van der Waals surface area contributed by atoms with Gasteiger partial charge in [-0.05, 0) is 36.5 Å². The smallest absolute Gasteiger partial charge is 0.222 e. The van der Waals surface area contributed by atoms with Crippen molar-refractivity contribution in [2.24, 2.45) is 4.99 Å². The number of unbranched alkanes of at least 4 members (excludes halogenated alkanes) is 1. The van der Waals surface area contributed by atoms with Gasteiger partial charge >= 0.3 is 0 Å². The number of halogens is 1. The van der Waals surface area contributed by atoms with Gasteiger partial charge in [0.05, 0.1) is 6.54 Å². The summed E-state index contributed by atoms with van der Waals surface area (Å²) in [5.74, 6) is 1.09. The molecule has 0 aliphatic carbocycles. The Morgan fingerprint density at radius 2 is 1.81 bits per heavy atom. The molecule has 2 aromatic carbocycles. The minimum absolute atomic E-state index is 0. The monoisotopic (exact) mass is 534 g/mol. The van der Waals surface area contributed by atoms with Crippen molar-refractivity contribution in [2.75, 3.05) is 13.1 Å². The maximum absolute atomic E-state index is 12.0. The summed E-state index contributed by atoms with van der Waals surface area (Å²) in [6, 6.07) is 16.9. The lowest BCUT2D eigenvalue weighted by molar-refractivity contribution is -0.128. The van der Waals surface area contributed by atoms with Gasteiger partial charge in [-0.15, -0.1) is 24.0 Å². The number of rotatable bonds is 9. The number of hydrogen-bond acceptors (Lipinski definition) is 2. The Morgan fingerprint density at radius 1 is 1.06 bits per heavy atom. The minimum Gasteiger partial charge on any atom is -0.356 e. The second kappa shape index (κ2) is 13.3. The first-order valence-electron chi connectivity index (χ1n) is 11.1. The lowest BCUT2D eigenvalue weighted by Gasteiger charge is -2.19. The fourth-order valence-corrected chi connectivity index (χ4v) is 3.56. The van der Waals surface area contributed by atoms with Crippen molar-refractivity contribution in [3.63, 3.8) is 0 Å². The fourth-order valence-electron chi connectivity index (χ4n) is 3.56. The Hall–Kier alpha value is -2.09. The van der Waals surface area contributed by atoms with Crippen LogP contribution in [0.25, 0.3) is 0 Å². The van der Waals surface area contributed by atoms with Gasteiger partial charge in [-0.25, -0.2) is 4.99 Å². The molecule has 1 aliphatic rings. The Balaban J connectivity index is 0.00000341. The number of guanidine groups is 1. The van der Waals surface area contributed by atoms with Gasteiger partial charge in [-0.1, -0.05) is 67.4 Å². The van der Waals surface area contributed by atoms with Crippen LogP contribution in [0, 0.1) is 6.92 Å². The molecule has 1 amide bonds. The molecule has 5 nitrogen and oxygen atoms in total. The molecular formula is C25H35IN4O. The molecule has 1 saturated heterocycles. The van der Waals surface area contributed by atoms with E-state index in [0.717, 1.165) is 38.3 Å². The molecule has 0 radical (unpaired) electrons. The van der Waals surface area contributed by atoms with Crippen LogP contribution < -0.4 is 10.6 Å². The van der Waals surface area contributed by atoms with Crippen molar-refractivity contribution < 1.29 is 4.79 Å². The zero-order valence-corrected chi connectivity index (χ0v) is 21.0. The molecule has 0 saturated carbocycles. The van der Waals surface area contributed by atoms with Crippen LogP contribution in [0.4, 0.5) is 0 Å². The summed E-state index contributed by atoms with van der Waals surface area (Å²) >= 11 is 0. The molecule has 3 rings (SSSR count). The number of aryl methyl sites for hydroxylation is 1. The van der Waals surface area contributed by atoms with Crippen molar-refractivity contribution in [3.8, 4) is 0 Å². The highest BCUT2D eigenvalue weighted by molar-refractivity contribution is 14.0. The first kappa shape index (κ1) is 25.2. The van der Waals surface area contributed by atoms with E-state index >= 15 is 0 Å². The molecule has 2 N–H and O–H groups in total. The van der Waals surface area contributed by atoms with E-state index in [-0.39, 0.29) is 29.9 Å². The van der Waals surface area contributed by atoms with Gasteiger partial charge in [0, 0.05) is 32.6 Å². The van der Waals surface area contributed by atoms with Crippen molar-refractivity contribution in [3.05, 3.63) is 70.8 Å². The van der Waals surface area contributed by atoms with Gasteiger partial charge in [-0.3, -0.25) is 4.79 Å². The molecule has 1 heterocycles. The molecule has 2 aromatic rings. The van der Waals surface area contributed by atoms with Gasteiger partial charge in [0.25, 0.3) is 0 Å². The number of amides is 1. The van der Waals surface area contributed by atoms with Crippen LogP contribution in [-0.4, -0.2) is 29.9 Å². The van der Waals surface area contributed by atoms with Crippen LogP contribution in [0.1, 0.15) is 54.9 Å². The van der Waals surface area contributed by atoms with Crippen LogP contribution in [-0.2, 0) is 24.4 Å². The first-order valence-corrected chi connectivity index (χ1v) is 11.1. The van der Waals surface area contributed by atoms with Crippen LogP contribution >= 0.6 is 24.0 Å². The predicted octanol–water partition coefficient (Wildman–Crippen LogP) is 4.77. The molecule has 1 fully saturated rings. The van der Waals surface area contributed by atoms with E-state index in [2.05, 4.69) is 66.9 Å². The van der Waals surface area contributed by atoms with E-state index in [1.165, 1.54) is 22.3 Å². The highest BCUT2D eigenvalue weighted by Gasteiger charge is 2.20. The fraction of sp³-hybridized carbons (Fsp3) is 0.440. The van der Waals surface area contributed by atoms with Gasteiger partial charge in [0.1, 0.15) is 0 Å². The van der Waals surface area contributed by atoms with Gasteiger partial charge in [0.15, 0.2) is 5.96 Å². The van der Waals surface area contributed by atoms with Crippen molar-refractivity contribution in [1.82, 2.24) is 15.5 Å². The summed E-state index contributed by atoms with van der Waals surface area (Å²) in [6.45, 7) is 8.07. The molecule has 6 heteroatoms. The third-order valence-electron chi connectivity index (χ3n) is 5.46. The highest BCUT2D eigenvalue weighted by atomic mass is 127. The topological polar surface area (TPSA) is 56.7 Å². The molecule has 0 bridgehead atoms. The summed E-state index contributed by atoms with van der Waals surface area (Å²) in [7, 11) is 0. The third kappa shape index (κ3) is 8.16. The number of carbonyl (C=O) groups is 1. The number of nitrogens with one attached hydrogen (secondary N) is 2. The summed E-state index contributed by atoms with van der Waals surface area (Å²) in [5.41, 5.74) is 4.87. The predicted molar refractivity (Wildman–Crippen MR) is 139 cm³/mol. The zero-order valence-electron chi connectivity index (χ0n) is 18.7.